The first-order valence-electron chi connectivity index (χ1n) is 6.18. The molecule has 0 aliphatic heterocycles. The second-order valence-corrected chi connectivity index (χ2v) is 4.16. The summed E-state index contributed by atoms with van der Waals surface area (Å²) in [6.07, 6.45) is 2.93. The van der Waals surface area contributed by atoms with Crippen molar-refractivity contribution >= 4 is 11.7 Å². The lowest BCUT2D eigenvalue weighted by Crippen LogP contribution is -2.00. The SMILES string of the molecule is COC(=O)CCCc1nc(-c2ccccc2N=O)co1. The van der Waals surface area contributed by atoms with Gasteiger partial charge in [0.2, 0.25) is 0 Å². The van der Waals surface area contributed by atoms with Gasteiger partial charge in [0.1, 0.15) is 17.6 Å². The van der Waals surface area contributed by atoms with E-state index in [0.29, 0.717) is 42.1 Å². The lowest BCUT2D eigenvalue weighted by Gasteiger charge is -1.98. The fraction of sp³-hybridized carbons (Fsp3) is 0.286. The topological polar surface area (TPSA) is 81.8 Å². The first-order chi connectivity index (χ1) is 9.74. The maximum Gasteiger partial charge on any atom is 0.305 e. The van der Waals surface area contributed by atoms with Gasteiger partial charge in [0.15, 0.2) is 5.89 Å². The summed E-state index contributed by atoms with van der Waals surface area (Å²) in [7, 11) is 1.36. The summed E-state index contributed by atoms with van der Waals surface area (Å²) in [6.45, 7) is 0. The second kappa shape index (κ2) is 6.60. The average Bonchev–Trinajstić information content (AvgIpc) is 2.95. The molecule has 20 heavy (non-hydrogen) atoms. The number of hydrogen-bond donors (Lipinski definition) is 0. The minimum absolute atomic E-state index is 0.257. The van der Waals surface area contributed by atoms with E-state index in [0.717, 1.165) is 0 Å². The molecule has 0 N–H and O–H groups in total. The Morgan fingerprint density at radius 3 is 2.95 bits per heavy atom. The highest BCUT2D eigenvalue weighted by Crippen LogP contribution is 2.29. The van der Waals surface area contributed by atoms with Crippen LogP contribution in [0.25, 0.3) is 11.3 Å². The van der Waals surface area contributed by atoms with Crippen molar-refractivity contribution in [3.8, 4) is 11.3 Å². The average molecular weight is 274 g/mol. The summed E-state index contributed by atoms with van der Waals surface area (Å²) in [5.74, 6) is 0.261. The minimum Gasteiger partial charge on any atom is -0.469 e. The van der Waals surface area contributed by atoms with Gasteiger partial charge in [0.25, 0.3) is 0 Å². The Morgan fingerprint density at radius 2 is 2.20 bits per heavy atom. The van der Waals surface area contributed by atoms with E-state index in [2.05, 4.69) is 14.9 Å². The molecule has 0 bridgehead atoms. The number of esters is 1. The van der Waals surface area contributed by atoms with E-state index in [-0.39, 0.29) is 5.97 Å². The van der Waals surface area contributed by atoms with Gasteiger partial charge >= 0.3 is 5.97 Å². The molecular weight excluding hydrogens is 260 g/mol. The number of benzene rings is 1. The number of carbonyl (C=O) groups is 1. The predicted molar refractivity (Wildman–Crippen MR) is 72.3 cm³/mol. The van der Waals surface area contributed by atoms with Gasteiger partial charge in [-0.1, -0.05) is 18.2 Å². The van der Waals surface area contributed by atoms with Crippen LogP contribution in [0.2, 0.25) is 0 Å². The molecule has 1 aromatic carbocycles. The van der Waals surface area contributed by atoms with Crippen LogP contribution >= 0.6 is 0 Å². The lowest BCUT2D eigenvalue weighted by molar-refractivity contribution is -0.140. The van der Waals surface area contributed by atoms with Crippen LogP contribution in [0.3, 0.4) is 0 Å². The number of oxazole rings is 1. The molecule has 2 aromatic rings. The zero-order valence-corrected chi connectivity index (χ0v) is 11.0. The lowest BCUT2D eigenvalue weighted by atomic mass is 10.1. The number of methoxy groups -OCH3 is 1. The maximum atomic E-state index is 11.0. The van der Waals surface area contributed by atoms with Gasteiger partial charge in [0, 0.05) is 18.4 Å². The molecule has 1 heterocycles. The monoisotopic (exact) mass is 274 g/mol. The third-order valence-corrected chi connectivity index (χ3v) is 2.83. The zero-order valence-electron chi connectivity index (χ0n) is 11.0. The maximum absolute atomic E-state index is 11.0. The Balaban J connectivity index is 2.05. The Labute approximate surface area is 115 Å². The molecule has 0 saturated heterocycles. The van der Waals surface area contributed by atoms with Crippen LogP contribution < -0.4 is 0 Å². The van der Waals surface area contributed by atoms with E-state index in [4.69, 9.17) is 4.42 Å². The van der Waals surface area contributed by atoms with Crippen molar-refractivity contribution in [2.24, 2.45) is 5.18 Å². The van der Waals surface area contributed by atoms with Crippen LogP contribution in [0.4, 0.5) is 5.69 Å². The van der Waals surface area contributed by atoms with Crippen molar-refractivity contribution in [1.29, 1.82) is 0 Å². The van der Waals surface area contributed by atoms with E-state index >= 15 is 0 Å². The smallest absolute Gasteiger partial charge is 0.305 e. The van der Waals surface area contributed by atoms with Crippen molar-refractivity contribution in [1.82, 2.24) is 4.98 Å². The van der Waals surface area contributed by atoms with E-state index in [9.17, 15) is 9.70 Å². The van der Waals surface area contributed by atoms with E-state index < -0.39 is 0 Å². The van der Waals surface area contributed by atoms with E-state index in [1.54, 1.807) is 24.3 Å². The molecule has 0 unspecified atom stereocenters. The Bertz CT molecular complexity index is 607. The van der Waals surface area contributed by atoms with Crippen LogP contribution in [-0.4, -0.2) is 18.1 Å². The van der Waals surface area contributed by atoms with Crippen molar-refractivity contribution in [2.75, 3.05) is 7.11 Å². The van der Waals surface area contributed by atoms with Crippen LogP contribution in [-0.2, 0) is 16.0 Å². The zero-order chi connectivity index (χ0) is 14.4. The number of nitroso groups, excluding NO2 is 1. The fourth-order valence-electron chi connectivity index (χ4n) is 1.81. The van der Waals surface area contributed by atoms with Crippen molar-refractivity contribution in [2.45, 2.75) is 19.3 Å². The van der Waals surface area contributed by atoms with E-state index in [1.165, 1.54) is 13.4 Å². The summed E-state index contributed by atoms with van der Waals surface area (Å²) in [4.78, 5) is 26.0. The Morgan fingerprint density at radius 1 is 1.40 bits per heavy atom. The Hall–Kier alpha value is -2.50. The van der Waals surface area contributed by atoms with Gasteiger partial charge in [-0.2, -0.15) is 0 Å². The third-order valence-electron chi connectivity index (χ3n) is 2.83. The molecule has 2 rings (SSSR count). The normalized spacial score (nSPS) is 10.2. The summed E-state index contributed by atoms with van der Waals surface area (Å²) in [5, 5.41) is 2.96. The van der Waals surface area contributed by atoms with Crippen LogP contribution in [0, 0.1) is 4.91 Å². The summed E-state index contributed by atoms with van der Waals surface area (Å²) < 4.78 is 9.88. The van der Waals surface area contributed by atoms with Gasteiger partial charge in [-0.25, -0.2) is 4.98 Å². The van der Waals surface area contributed by atoms with Crippen LogP contribution in [0.1, 0.15) is 18.7 Å². The molecule has 0 saturated carbocycles. The van der Waals surface area contributed by atoms with Crippen molar-refractivity contribution in [3.63, 3.8) is 0 Å². The van der Waals surface area contributed by atoms with Gasteiger partial charge in [-0.3, -0.25) is 4.79 Å². The van der Waals surface area contributed by atoms with Crippen molar-refractivity contribution in [3.05, 3.63) is 41.3 Å². The van der Waals surface area contributed by atoms with Crippen molar-refractivity contribution < 1.29 is 13.9 Å². The largest absolute Gasteiger partial charge is 0.469 e. The molecule has 0 amide bonds. The first-order valence-corrected chi connectivity index (χ1v) is 6.18. The number of rotatable bonds is 6. The standard InChI is InChI=1S/C14H14N2O4/c1-19-14(17)8-4-7-13-15-12(9-20-13)10-5-2-3-6-11(10)16-18/h2-3,5-6,9H,4,7-8H2,1H3. The van der Waals surface area contributed by atoms with Crippen LogP contribution in [0.15, 0.2) is 40.1 Å². The molecule has 104 valence electrons. The summed E-state index contributed by atoms with van der Waals surface area (Å²) >= 11 is 0. The number of nitrogens with zero attached hydrogens (tertiary/aromatic N) is 2. The molecule has 0 atom stereocenters. The van der Waals surface area contributed by atoms with Gasteiger partial charge < -0.3 is 9.15 Å². The molecule has 1 aromatic heterocycles. The van der Waals surface area contributed by atoms with Gasteiger partial charge in [-0.15, -0.1) is 4.91 Å². The number of aromatic nitrogens is 1. The van der Waals surface area contributed by atoms with Gasteiger partial charge in [0.05, 0.1) is 7.11 Å². The highest BCUT2D eigenvalue weighted by atomic mass is 16.5. The predicted octanol–water partition coefficient (Wildman–Crippen LogP) is 3.24. The number of hydrogen-bond acceptors (Lipinski definition) is 6. The molecule has 0 aliphatic carbocycles. The Kier molecular flexibility index (Phi) is 4.60. The second-order valence-electron chi connectivity index (χ2n) is 4.16. The quantitative estimate of drug-likeness (QED) is 0.596. The van der Waals surface area contributed by atoms with Crippen LogP contribution in [0.5, 0.6) is 0 Å². The number of aryl methyl sites for hydroxylation is 1. The molecule has 6 heteroatoms. The third kappa shape index (κ3) is 3.28. The van der Waals surface area contributed by atoms with E-state index in [1.807, 2.05) is 0 Å². The number of carbonyl (C=O) groups excluding carboxylic acids is 1. The molecule has 0 radical (unpaired) electrons. The highest BCUT2D eigenvalue weighted by molar-refractivity contribution is 5.72. The number of ether oxygens (including phenoxy) is 1. The summed E-state index contributed by atoms with van der Waals surface area (Å²) in [6, 6.07) is 6.91. The first kappa shape index (κ1) is 13.9. The summed E-state index contributed by atoms with van der Waals surface area (Å²) in [5.41, 5.74) is 1.51. The highest BCUT2D eigenvalue weighted by Gasteiger charge is 2.11. The molecule has 6 nitrogen and oxygen atoms in total. The fourth-order valence-corrected chi connectivity index (χ4v) is 1.81. The molecule has 0 aliphatic rings. The molecule has 0 spiro atoms. The minimum atomic E-state index is -0.257. The molecule has 0 fully saturated rings. The molecular formula is C14H14N2O4. The van der Waals surface area contributed by atoms with Gasteiger partial charge in [-0.05, 0) is 17.7 Å².